The van der Waals surface area contributed by atoms with E-state index in [1.807, 2.05) is 13.0 Å². The SMILES string of the molecule is CCNC(=S)N/N=C\c1cc(Br)c(OCc2cccc([N+](=O)[O-])c2)c(OC)c1. The number of nitrogens with one attached hydrogen (secondary N) is 2. The van der Waals surface area contributed by atoms with Crippen molar-refractivity contribution in [3.8, 4) is 11.5 Å². The summed E-state index contributed by atoms with van der Waals surface area (Å²) in [6.07, 6.45) is 1.60. The molecular weight excluding hydrogens is 448 g/mol. The molecule has 10 heteroatoms. The van der Waals surface area contributed by atoms with Gasteiger partial charge in [0.2, 0.25) is 0 Å². The number of nitro benzene ring substituents is 1. The molecule has 0 spiro atoms. The fourth-order valence-electron chi connectivity index (χ4n) is 2.24. The second-order valence-corrected chi connectivity index (χ2v) is 6.74. The number of hydrogen-bond acceptors (Lipinski definition) is 6. The minimum atomic E-state index is -0.441. The van der Waals surface area contributed by atoms with Gasteiger partial charge in [-0.1, -0.05) is 12.1 Å². The quantitative estimate of drug-likeness (QED) is 0.264. The highest BCUT2D eigenvalue weighted by molar-refractivity contribution is 9.10. The molecule has 0 radical (unpaired) electrons. The van der Waals surface area contributed by atoms with E-state index in [0.29, 0.717) is 33.2 Å². The van der Waals surface area contributed by atoms with Crippen molar-refractivity contribution < 1.29 is 14.4 Å². The second-order valence-electron chi connectivity index (χ2n) is 5.48. The molecule has 2 N–H and O–H groups in total. The van der Waals surface area contributed by atoms with Crippen molar-refractivity contribution in [3.63, 3.8) is 0 Å². The van der Waals surface area contributed by atoms with Crippen LogP contribution in [0.3, 0.4) is 0 Å². The number of rotatable bonds is 8. The van der Waals surface area contributed by atoms with Gasteiger partial charge in [0.05, 0.1) is 22.7 Å². The Balaban J connectivity index is 2.12. The molecule has 0 heterocycles. The van der Waals surface area contributed by atoms with E-state index in [9.17, 15) is 10.1 Å². The molecule has 0 aliphatic carbocycles. The second kappa shape index (κ2) is 10.6. The Labute approximate surface area is 176 Å². The summed E-state index contributed by atoms with van der Waals surface area (Å²) >= 11 is 8.50. The predicted molar refractivity (Wildman–Crippen MR) is 115 cm³/mol. The van der Waals surface area contributed by atoms with Crippen LogP contribution in [0.15, 0.2) is 46.0 Å². The Bertz CT molecular complexity index is 892. The van der Waals surface area contributed by atoms with E-state index in [1.54, 1.807) is 24.4 Å². The molecule has 0 aliphatic rings. The predicted octanol–water partition coefficient (Wildman–Crippen LogP) is 3.76. The first-order valence-electron chi connectivity index (χ1n) is 8.25. The van der Waals surface area contributed by atoms with Gasteiger partial charge >= 0.3 is 0 Å². The van der Waals surface area contributed by atoms with Crippen LogP contribution >= 0.6 is 28.1 Å². The van der Waals surface area contributed by atoms with Gasteiger partial charge in [0.1, 0.15) is 6.61 Å². The summed E-state index contributed by atoms with van der Waals surface area (Å²) in [5, 5.41) is 18.3. The Morgan fingerprint density at radius 3 is 2.86 bits per heavy atom. The number of methoxy groups -OCH3 is 1. The number of hydrazone groups is 1. The Morgan fingerprint density at radius 2 is 2.18 bits per heavy atom. The highest BCUT2D eigenvalue weighted by Gasteiger charge is 2.13. The third kappa shape index (κ3) is 6.17. The van der Waals surface area contributed by atoms with Crippen LogP contribution in [0.2, 0.25) is 0 Å². The summed E-state index contributed by atoms with van der Waals surface area (Å²) in [5.74, 6) is 0.984. The molecule has 0 saturated heterocycles. The van der Waals surface area contributed by atoms with Gasteiger partial charge in [-0.25, -0.2) is 0 Å². The molecule has 0 atom stereocenters. The van der Waals surface area contributed by atoms with E-state index in [2.05, 4.69) is 31.8 Å². The summed E-state index contributed by atoms with van der Waals surface area (Å²) < 4.78 is 11.9. The molecule has 2 rings (SSSR count). The van der Waals surface area contributed by atoms with Gasteiger partial charge in [-0.2, -0.15) is 5.10 Å². The van der Waals surface area contributed by atoms with E-state index in [4.69, 9.17) is 21.7 Å². The lowest BCUT2D eigenvalue weighted by atomic mass is 10.2. The van der Waals surface area contributed by atoms with Crippen LogP contribution in [0, 0.1) is 10.1 Å². The zero-order valence-electron chi connectivity index (χ0n) is 15.3. The molecule has 0 aliphatic heterocycles. The van der Waals surface area contributed by atoms with Gasteiger partial charge < -0.3 is 14.8 Å². The molecule has 0 unspecified atom stereocenters. The van der Waals surface area contributed by atoms with Crippen LogP contribution in [0.25, 0.3) is 0 Å². The van der Waals surface area contributed by atoms with Crippen molar-refractivity contribution in [2.75, 3.05) is 13.7 Å². The van der Waals surface area contributed by atoms with Gasteiger partial charge in [-0.3, -0.25) is 15.5 Å². The summed E-state index contributed by atoms with van der Waals surface area (Å²) in [4.78, 5) is 10.5. The van der Waals surface area contributed by atoms with Crippen LogP contribution in [-0.2, 0) is 6.61 Å². The molecule has 0 bridgehead atoms. The number of ether oxygens (including phenoxy) is 2. The highest BCUT2D eigenvalue weighted by Crippen LogP contribution is 2.37. The van der Waals surface area contributed by atoms with Crippen molar-refractivity contribution in [1.82, 2.24) is 10.7 Å². The summed E-state index contributed by atoms with van der Waals surface area (Å²) in [6, 6.07) is 9.85. The van der Waals surface area contributed by atoms with Gasteiger partial charge in [-0.15, -0.1) is 0 Å². The number of benzene rings is 2. The Kier molecular flexibility index (Phi) is 8.15. The van der Waals surface area contributed by atoms with Crippen LogP contribution in [0.1, 0.15) is 18.1 Å². The topological polar surface area (TPSA) is 98.0 Å². The zero-order valence-corrected chi connectivity index (χ0v) is 17.7. The third-order valence-corrected chi connectivity index (χ3v) is 4.30. The van der Waals surface area contributed by atoms with E-state index in [-0.39, 0.29) is 12.3 Å². The minimum absolute atomic E-state index is 0.0154. The van der Waals surface area contributed by atoms with E-state index in [1.165, 1.54) is 19.2 Å². The molecular formula is C18H19BrN4O4S. The number of thiocarbonyl (C=S) groups is 1. The molecule has 28 heavy (non-hydrogen) atoms. The highest BCUT2D eigenvalue weighted by atomic mass is 79.9. The van der Waals surface area contributed by atoms with Crippen molar-refractivity contribution >= 4 is 45.2 Å². The average molecular weight is 467 g/mol. The van der Waals surface area contributed by atoms with Gasteiger partial charge in [0, 0.05) is 18.7 Å². The Morgan fingerprint density at radius 1 is 1.39 bits per heavy atom. The summed E-state index contributed by atoms with van der Waals surface area (Å²) in [6.45, 7) is 2.80. The summed E-state index contributed by atoms with van der Waals surface area (Å²) in [5.41, 5.74) is 4.17. The third-order valence-electron chi connectivity index (χ3n) is 3.47. The lowest BCUT2D eigenvalue weighted by Gasteiger charge is -2.13. The number of hydrogen-bond donors (Lipinski definition) is 2. The standard InChI is InChI=1S/C18H19BrN4O4S/c1-3-20-18(28)22-21-10-13-8-15(19)17(16(9-13)26-2)27-11-12-5-4-6-14(7-12)23(24)25/h4-10H,3,11H2,1-2H3,(H2,20,22,28)/b21-10-. The van der Waals surface area contributed by atoms with E-state index < -0.39 is 4.92 Å². The fourth-order valence-corrected chi connectivity index (χ4v) is 3.01. The number of nitrogens with zero attached hydrogens (tertiary/aromatic N) is 2. The molecule has 2 aromatic rings. The monoisotopic (exact) mass is 466 g/mol. The van der Waals surface area contributed by atoms with Crippen molar-refractivity contribution in [2.45, 2.75) is 13.5 Å². The van der Waals surface area contributed by atoms with E-state index in [0.717, 1.165) is 5.56 Å². The lowest BCUT2D eigenvalue weighted by molar-refractivity contribution is -0.384. The molecule has 0 fully saturated rings. The first-order valence-corrected chi connectivity index (χ1v) is 9.45. The first kappa shape index (κ1) is 21.6. The number of halogens is 1. The fraction of sp³-hybridized carbons (Fsp3) is 0.222. The minimum Gasteiger partial charge on any atom is -0.493 e. The lowest BCUT2D eigenvalue weighted by Crippen LogP contribution is -2.31. The van der Waals surface area contributed by atoms with Crippen LogP contribution in [0.5, 0.6) is 11.5 Å². The van der Waals surface area contributed by atoms with E-state index >= 15 is 0 Å². The maximum Gasteiger partial charge on any atom is 0.269 e. The van der Waals surface area contributed by atoms with Gasteiger partial charge in [0.15, 0.2) is 16.6 Å². The number of nitro groups is 1. The normalized spacial score (nSPS) is 10.5. The first-order chi connectivity index (χ1) is 13.4. The van der Waals surface area contributed by atoms with Crippen molar-refractivity contribution in [1.29, 1.82) is 0 Å². The maximum absolute atomic E-state index is 10.9. The van der Waals surface area contributed by atoms with Crippen LogP contribution < -0.4 is 20.2 Å². The Hall–Kier alpha value is -2.72. The molecule has 0 amide bonds. The molecule has 2 aromatic carbocycles. The molecule has 148 valence electrons. The molecule has 0 saturated carbocycles. The van der Waals surface area contributed by atoms with Crippen molar-refractivity contribution in [2.24, 2.45) is 5.10 Å². The molecule has 8 nitrogen and oxygen atoms in total. The zero-order chi connectivity index (χ0) is 20.5. The van der Waals surface area contributed by atoms with Crippen LogP contribution in [0.4, 0.5) is 5.69 Å². The maximum atomic E-state index is 10.9. The summed E-state index contributed by atoms with van der Waals surface area (Å²) in [7, 11) is 1.53. The van der Waals surface area contributed by atoms with Gasteiger partial charge in [0.25, 0.3) is 5.69 Å². The van der Waals surface area contributed by atoms with Crippen molar-refractivity contribution in [3.05, 3.63) is 62.1 Å². The van der Waals surface area contributed by atoms with Gasteiger partial charge in [-0.05, 0) is 58.3 Å². The number of non-ortho nitro benzene ring substituents is 1. The molecule has 0 aromatic heterocycles. The smallest absolute Gasteiger partial charge is 0.269 e. The van der Waals surface area contributed by atoms with Crippen LogP contribution in [-0.4, -0.2) is 29.9 Å². The largest absolute Gasteiger partial charge is 0.493 e. The average Bonchev–Trinajstić information content (AvgIpc) is 2.67.